The van der Waals surface area contributed by atoms with E-state index >= 15 is 0 Å². The predicted octanol–water partition coefficient (Wildman–Crippen LogP) is 3.25. The van der Waals surface area contributed by atoms with Crippen LogP contribution in [0.15, 0.2) is 59.8 Å². The molecular weight excluding hydrogens is 554 g/mol. The Bertz CT molecular complexity index is 1400. The number of oxime groups is 1. The van der Waals surface area contributed by atoms with E-state index in [2.05, 4.69) is 5.16 Å². The lowest BCUT2D eigenvalue weighted by Gasteiger charge is -2.45. The van der Waals surface area contributed by atoms with Gasteiger partial charge in [-0.3, -0.25) is 9.59 Å². The van der Waals surface area contributed by atoms with E-state index in [4.69, 9.17) is 40.1 Å². The van der Waals surface area contributed by atoms with Gasteiger partial charge in [-0.05, 0) is 52.0 Å². The molecule has 12 heteroatoms. The molecule has 5 aliphatic rings. The summed E-state index contributed by atoms with van der Waals surface area (Å²) in [7, 11) is 0. The SMILES string of the molecule is CC1(C)O[C@H]2[C@@H]([C@@H]3COC(C)(C)O3)O[C@H](N3C(=O)[C@H]4C(c5ccc(Cl)cc5)=NO[C@H]4C(=O)N3c3ccccc3)[C@H]2O1. The van der Waals surface area contributed by atoms with Gasteiger partial charge in [0.25, 0.3) is 11.8 Å². The number of rotatable bonds is 4. The Morgan fingerprint density at radius 3 is 2.24 bits per heavy atom. The molecule has 11 nitrogen and oxygen atoms in total. The fourth-order valence-electron chi connectivity index (χ4n) is 6.17. The number of nitrogens with zero attached hydrogens (tertiary/aromatic N) is 3. The molecule has 0 N–H and O–H groups in total. The van der Waals surface area contributed by atoms with Crippen molar-refractivity contribution >= 4 is 34.8 Å². The quantitative estimate of drug-likeness (QED) is 0.540. The molecule has 0 spiro atoms. The topological polar surface area (TPSA) is 108 Å². The van der Waals surface area contributed by atoms with E-state index in [1.807, 2.05) is 19.9 Å². The Morgan fingerprint density at radius 1 is 0.854 bits per heavy atom. The number of carbonyl (C=O) groups excluding carboxylic acids is 2. The molecule has 7 atom stereocenters. The number of carbonyl (C=O) groups is 2. The second-order valence-electron chi connectivity index (χ2n) is 11.6. The number of anilines is 1. The third kappa shape index (κ3) is 4.43. The Labute approximate surface area is 241 Å². The predicted molar refractivity (Wildman–Crippen MR) is 145 cm³/mol. The van der Waals surface area contributed by atoms with Gasteiger partial charge in [0.1, 0.15) is 36.0 Å². The minimum absolute atomic E-state index is 0.276. The second kappa shape index (κ2) is 9.48. The summed E-state index contributed by atoms with van der Waals surface area (Å²) in [6.07, 6.45) is -4.59. The van der Waals surface area contributed by atoms with Gasteiger partial charge >= 0.3 is 0 Å². The van der Waals surface area contributed by atoms with Crippen LogP contribution < -0.4 is 5.01 Å². The molecule has 5 aliphatic heterocycles. The van der Waals surface area contributed by atoms with Crippen LogP contribution in [0.5, 0.6) is 0 Å². The van der Waals surface area contributed by atoms with Gasteiger partial charge in [0.15, 0.2) is 17.8 Å². The summed E-state index contributed by atoms with van der Waals surface area (Å²) >= 11 is 6.10. The number of benzene rings is 2. The number of hydrogen-bond donors (Lipinski definition) is 0. The van der Waals surface area contributed by atoms with Crippen molar-refractivity contribution in [2.45, 2.75) is 76.0 Å². The van der Waals surface area contributed by atoms with Gasteiger partial charge in [0.2, 0.25) is 6.10 Å². The summed E-state index contributed by atoms with van der Waals surface area (Å²) in [6, 6.07) is 15.8. The highest BCUT2D eigenvalue weighted by Crippen LogP contribution is 2.46. The normalized spacial score (nSPS) is 35.3. The smallest absolute Gasteiger partial charge is 0.291 e. The van der Waals surface area contributed by atoms with Crippen molar-refractivity contribution in [1.82, 2.24) is 5.01 Å². The molecule has 0 radical (unpaired) electrons. The summed E-state index contributed by atoms with van der Waals surface area (Å²) in [5, 5.41) is 7.37. The monoisotopic (exact) mass is 583 g/mol. The maximum Gasteiger partial charge on any atom is 0.291 e. The van der Waals surface area contributed by atoms with E-state index in [1.165, 1.54) is 10.0 Å². The number of halogens is 1. The van der Waals surface area contributed by atoms with Crippen LogP contribution in [0.4, 0.5) is 5.69 Å². The number of para-hydroxylation sites is 1. The maximum absolute atomic E-state index is 14.6. The standard InChI is InChI=1S/C29H30ClN3O8/c1-28(2)36-14-18(38-28)21-23-24(40-29(3,4)39-23)27(37-21)33-25(34)19-20(15-10-12-16(30)13-11-15)31-41-22(19)26(35)32(33)17-8-6-5-7-9-17/h5-13,18-19,21-24,27H,14H2,1-4H3/t18-,19-,21+,22+,23-,24-,27-/m0/s1. The molecule has 4 fully saturated rings. The molecule has 2 amide bonds. The lowest BCUT2D eigenvalue weighted by Crippen LogP contribution is -2.68. The highest BCUT2D eigenvalue weighted by Gasteiger charge is 2.65. The van der Waals surface area contributed by atoms with Crippen molar-refractivity contribution in [3.8, 4) is 0 Å². The molecule has 0 aliphatic carbocycles. The largest absolute Gasteiger partial charge is 0.381 e. The number of amides is 2. The number of hydrogen-bond acceptors (Lipinski definition) is 9. The summed E-state index contributed by atoms with van der Waals surface area (Å²) in [6.45, 7) is 7.54. The summed E-state index contributed by atoms with van der Waals surface area (Å²) in [5.74, 6) is -3.66. The Balaban J connectivity index is 1.30. The van der Waals surface area contributed by atoms with Gasteiger partial charge in [-0.2, -0.15) is 0 Å². The Morgan fingerprint density at radius 2 is 1.56 bits per heavy atom. The first-order chi connectivity index (χ1) is 19.5. The van der Waals surface area contributed by atoms with Crippen molar-refractivity contribution < 1.29 is 38.1 Å². The van der Waals surface area contributed by atoms with E-state index in [0.717, 1.165) is 0 Å². The van der Waals surface area contributed by atoms with Gasteiger partial charge in [0, 0.05) is 10.6 Å². The van der Waals surface area contributed by atoms with Crippen LogP contribution in [-0.4, -0.2) is 77.5 Å². The average Bonchev–Trinajstić information content (AvgIpc) is 3.68. The molecule has 0 aromatic heterocycles. The zero-order valence-electron chi connectivity index (χ0n) is 22.9. The molecule has 2 aromatic rings. The van der Waals surface area contributed by atoms with Crippen molar-refractivity contribution in [2.24, 2.45) is 11.1 Å². The highest BCUT2D eigenvalue weighted by molar-refractivity contribution is 6.30. The first-order valence-corrected chi connectivity index (χ1v) is 14.0. The molecular formula is C29H30ClN3O8. The molecule has 5 heterocycles. The maximum atomic E-state index is 14.6. The molecule has 41 heavy (non-hydrogen) atoms. The van der Waals surface area contributed by atoms with Gasteiger partial charge in [-0.1, -0.05) is 47.1 Å². The number of fused-ring (bicyclic) bond motifs is 2. The second-order valence-corrected chi connectivity index (χ2v) is 12.0. The zero-order valence-corrected chi connectivity index (χ0v) is 23.7. The van der Waals surface area contributed by atoms with E-state index < -0.39 is 66.1 Å². The van der Waals surface area contributed by atoms with Crippen LogP contribution in [0.2, 0.25) is 5.02 Å². The molecule has 0 saturated carbocycles. The van der Waals surface area contributed by atoms with Crippen LogP contribution in [-0.2, 0) is 38.1 Å². The van der Waals surface area contributed by atoms with Gasteiger partial charge < -0.3 is 28.5 Å². The summed E-state index contributed by atoms with van der Waals surface area (Å²) in [4.78, 5) is 34.3. The van der Waals surface area contributed by atoms with Crippen LogP contribution >= 0.6 is 11.6 Å². The van der Waals surface area contributed by atoms with Gasteiger partial charge in [0.05, 0.1) is 12.3 Å². The Hall–Kier alpha value is -3.06. The first-order valence-electron chi connectivity index (χ1n) is 13.6. The van der Waals surface area contributed by atoms with E-state index in [-0.39, 0.29) is 6.61 Å². The lowest BCUT2D eigenvalue weighted by atomic mass is 9.88. The van der Waals surface area contributed by atoms with Crippen LogP contribution in [0.3, 0.4) is 0 Å². The lowest BCUT2D eigenvalue weighted by molar-refractivity contribution is -0.226. The summed E-state index contributed by atoms with van der Waals surface area (Å²) in [5.41, 5.74) is 1.43. The summed E-state index contributed by atoms with van der Waals surface area (Å²) < 4.78 is 31.2. The van der Waals surface area contributed by atoms with Gasteiger partial charge in [-0.25, -0.2) is 10.0 Å². The molecule has 0 bridgehead atoms. The third-order valence-electron chi connectivity index (χ3n) is 7.87. The molecule has 216 valence electrons. The number of ether oxygens (including phenoxy) is 5. The molecule has 4 saturated heterocycles. The van der Waals surface area contributed by atoms with Crippen LogP contribution in [0.1, 0.15) is 33.3 Å². The fourth-order valence-corrected chi connectivity index (χ4v) is 6.30. The van der Waals surface area contributed by atoms with Crippen molar-refractivity contribution in [2.75, 3.05) is 11.6 Å². The third-order valence-corrected chi connectivity index (χ3v) is 8.12. The van der Waals surface area contributed by atoms with Crippen LogP contribution in [0.25, 0.3) is 0 Å². The highest BCUT2D eigenvalue weighted by atomic mass is 35.5. The van der Waals surface area contributed by atoms with Crippen molar-refractivity contribution in [1.29, 1.82) is 0 Å². The van der Waals surface area contributed by atoms with Gasteiger partial charge in [-0.15, -0.1) is 0 Å². The zero-order chi connectivity index (χ0) is 28.7. The molecule has 2 aromatic carbocycles. The molecule has 7 rings (SSSR count). The average molecular weight is 584 g/mol. The molecule has 0 unspecified atom stereocenters. The van der Waals surface area contributed by atoms with Crippen molar-refractivity contribution in [3.63, 3.8) is 0 Å². The van der Waals surface area contributed by atoms with Crippen molar-refractivity contribution in [3.05, 3.63) is 65.2 Å². The van der Waals surface area contributed by atoms with Crippen LogP contribution in [0, 0.1) is 5.92 Å². The van der Waals surface area contributed by atoms with E-state index in [0.29, 0.717) is 22.0 Å². The first kappa shape index (κ1) is 26.8. The van der Waals surface area contributed by atoms with E-state index in [9.17, 15) is 9.59 Å². The minimum Gasteiger partial charge on any atom is -0.381 e. The fraction of sp³-hybridized carbons (Fsp3) is 0.483. The van der Waals surface area contributed by atoms with E-state index in [1.54, 1.807) is 62.4 Å². The minimum atomic E-state index is -1.15. The Kier molecular flexibility index (Phi) is 6.20. The number of hydrazine groups is 1.